The third kappa shape index (κ3) is 4.36. The lowest BCUT2D eigenvalue weighted by Crippen LogP contribution is -2.26. The van der Waals surface area contributed by atoms with E-state index in [9.17, 15) is 25.3 Å². The predicted molar refractivity (Wildman–Crippen MR) is 108 cm³/mol. The number of phenols is 1. The molecule has 0 aliphatic rings. The van der Waals surface area contributed by atoms with Crippen LogP contribution in [-0.2, 0) is 11.2 Å². The summed E-state index contributed by atoms with van der Waals surface area (Å²) in [6.45, 7) is 0.279. The molecule has 0 aliphatic carbocycles. The van der Waals surface area contributed by atoms with Crippen LogP contribution in [0, 0.1) is 21.4 Å². The van der Waals surface area contributed by atoms with Crippen LogP contribution >= 0.6 is 11.6 Å². The van der Waals surface area contributed by atoms with Gasteiger partial charge in [0.25, 0.3) is 5.91 Å². The molecule has 0 atom stereocenters. The molecule has 0 fully saturated rings. The van der Waals surface area contributed by atoms with Gasteiger partial charge in [-0.15, -0.1) is 0 Å². The van der Waals surface area contributed by atoms with Gasteiger partial charge >= 0.3 is 5.69 Å². The van der Waals surface area contributed by atoms with E-state index in [4.69, 9.17) is 11.6 Å². The Bertz CT molecular complexity index is 1180. The van der Waals surface area contributed by atoms with Crippen molar-refractivity contribution in [2.75, 3.05) is 6.54 Å². The fourth-order valence-electron chi connectivity index (χ4n) is 2.90. The molecule has 0 saturated heterocycles. The highest BCUT2D eigenvalue weighted by Crippen LogP contribution is 2.34. The van der Waals surface area contributed by atoms with Gasteiger partial charge in [0.15, 0.2) is 0 Å². The number of carbonyl (C=O) groups is 1. The standard InChI is InChI=1S/C20H15ClN4O4/c21-15-8-13(19(26)18(9-15)25(28)29)7-14(10-22)20(27)23-6-5-12-11-24-17-4-2-1-3-16(12)17/h1-4,7-9,11,24,26H,5-6H2,(H,23,27)/b14-7-. The number of aromatic amines is 1. The van der Waals surface area contributed by atoms with Gasteiger partial charge in [-0.1, -0.05) is 29.8 Å². The Morgan fingerprint density at radius 3 is 2.86 bits per heavy atom. The largest absolute Gasteiger partial charge is 0.502 e. The second-order valence-electron chi connectivity index (χ2n) is 6.16. The minimum absolute atomic E-state index is 0.00205. The van der Waals surface area contributed by atoms with Crippen molar-refractivity contribution in [1.29, 1.82) is 5.26 Å². The number of H-pyrrole nitrogens is 1. The average molecular weight is 411 g/mol. The number of para-hydroxylation sites is 1. The van der Waals surface area contributed by atoms with Crippen LogP contribution in [0.1, 0.15) is 11.1 Å². The van der Waals surface area contributed by atoms with Crippen LogP contribution in [0.2, 0.25) is 5.02 Å². The van der Waals surface area contributed by atoms with Crippen LogP contribution in [0.5, 0.6) is 5.75 Å². The van der Waals surface area contributed by atoms with Crippen molar-refractivity contribution < 1.29 is 14.8 Å². The van der Waals surface area contributed by atoms with E-state index in [0.29, 0.717) is 6.42 Å². The van der Waals surface area contributed by atoms with Crippen molar-refractivity contribution in [1.82, 2.24) is 10.3 Å². The molecule has 8 nitrogen and oxygen atoms in total. The van der Waals surface area contributed by atoms with Crippen molar-refractivity contribution in [2.45, 2.75) is 6.42 Å². The Labute approximate surface area is 170 Å². The summed E-state index contributed by atoms with van der Waals surface area (Å²) in [5.41, 5.74) is 1.00. The Hall–Kier alpha value is -3.83. The van der Waals surface area contributed by atoms with Gasteiger partial charge in [-0.3, -0.25) is 14.9 Å². The van der Waals surface area contributed by atoms with E-state index in [-0.39, 0.29) is 22.7 Å². The lowest BCUT2D eigenvalue weighted by Gasteiger charge is -2.05. The van der Waals surface area contributed by atoms with E-state index in [0.717, 1.165) is 28.6 Å². The van der Waals surface area contributed by atoms with Crippen molar-refractivity contribution in [3.63, 3.8) is 0 Å². The Morgan fingerprint density at radius 2 is 2.14 bits per heavy atom. The fraction of sp³-hybridized carbons (Fsp3) is 0.100. The number of hydrogen-bond donors (Lipinski definition) is 3. The topological polar surface area (TPSA) is 132 Å². The predicted octanol–water partition coefficient (Wildman–Crippen LogP) is 3.70. The minimum atomic E-state index is -0.800. The van der Waals surface area contributed by atoms with Crippen LogP contribution in [0.25, 0.3) is 17.0 Å². The highest BCUT2D eigenvalue weighted by atomic mass is 35.5. The average Bonchev–Trinajstić information content (AvgIpc) is 3.11. The number of rotatable bonds is 6. The van der Waals surface area contributed by atoms with Crippen molar-refractivity contribution in [2.24, 2.45) is 0 Å². The molecule has 0 aliphatic heterocycles. The number of carbonyl (C=O) groups excluding carboxylic acids is 1. The molecule has 146 valence electrons. The third-order valence-electron chi connectivity index (χ3n) is 4.30. The number of benzene rings is 2. The molecule has 2 aromatic carbocycles. The summed E-state index contributed by atoms with van der Waals surface area (Å²) in [4.78, 5) is 25.7. The van der Waals surface area contributed by atoms with Crippen LogP contribution in [0.15, 0.2) is 48.2 Å². The smallest absolute Gasteiger partial charge is 0.312 e. The van der Waals surface area contributed by atoms with E-state index < -0.39 is 22.3 Å². The number of halogens is 1. The lowest BCUT2D eigenvalue weighted by molar-refractivity contribution is -0.385. The molecular weight excluding hydrogens is 396 g/mol. The quantitative estimate of drug-likeness (QED) is 0.246. The molecule has 3 rings (SSSR count). The van der Waals surface area contributed by atoms with Gasteiger partial charge < -0.3 is 15.4 Å². The van der Waals surface area contributed by atoms with Crippen LogP contribution in [0.4, 0.5) is 5.69 Å². The molecule has 0 unspecified atom stereocenters. The first-order valence-electron chi connectivity index (χ1n) is 8.52. The van der Waals surface area contributed by atoms with E-state index in [2.05, 4.69) is 10.3 Å². The number of aromatic hydroxyl groups is 1. The Balaban J connectivity index is 1.74. The molecule has 9 heteroatoms. The molecule has 3 N–H and O–H groups in total. The molecule has 3 aromatic rings. The molecule has 29 heavy (non-hydrogen) atoms. The van der Waals surface area contributed by atoms with E-state index in [1.54, 1.807) is 6.07 Å². The molecule has 1 heterocycles. The van der Waals surface area contributed by atoms with Crippen LogP contribution in [-0.4, -0.2) is 27.5 Å². The second-order valence-corrected chi connectivity index (χ2v) is 6.59. The van der Waals surface area contributed by atoms with Crippen molar-refractivity contribution in [3.8, 4) is 11.8 Å². The molecular formula is C20H15ClN4O4. The second kappa shape index (κ2) is 8.46. The first-order chi connectivity index (χ1) is 13.9. The highest BCUT2D eigenvalue weighted by molar-refractivity contribution is 6.31. The van der Waals surface area contributed by atoms with Gasteiger partial charge in [-0.05, 0) is 30.2 Å². The van der Waals surface area contributed by atoms with Crippen molar-refractivity contribution in [3.05, 3.63) is 74.4 Å². The number of nitrogens with one attached hydrogen (secondary N) is 2. The normalized spacial score (nSPS) is 11.2. The Kier molecular flexibility index (Phi) is 5.81. The molecule has 1 aromatic heterocycles. The summed E-state index contributed by atoms with van der Waals surface area (Å²) >= 11 is 5.83. The van der Waals surface area contributed by atoms with Gasteiger partial charge in [-0.25, -0.2) is 0 Å². The number of hydrogen-bond acceptors (Lipinski definition) is 5. The number of amides is 1. The zero-order valence-corrected chi connectivity index (χ0v) is 15.7. The van der Waals surface area contributed by atoms with Crippen LogP contribution in [0.3, 0.4) is 0 Å². The minimum Gasteiger partial charge on any atom is -0.502 e. The monoisotopic (exact) mass is 410 g/mol. The van der Waals surface area contributed by atoms with Gasteiger partial charge in [0, 0.05) is 40.3 Å². The molecule has 0 spiro atoms. The highest BCUT2D eigenvalue weighted by Gasteiger charge is 2.19. The molecule has 1 amide bonds. The summed E-state index contributed by atoms with van der Waals surface area (Å²) in [5.74, 6) is -1.33. The number of nitrogens with zero attached hydrogens (tertiary/aromatic N) is 2. The number of nitro benzene ring substituents is 1. The molecule has 0 radical (unpaired) electrons. The van der Waals surface area contributed by atoms with Gasteiger partial charge in [-0.2, -0.15) is 5.26 Å². The molecule has 0 bridgehead atoms. The van der Waals surface area contributed by atoms with E-state index in [1.165, 1.54) is 6.07 Å². The zero-order chi connectivity index (χ0) is 21.0. The number of nitriles is 1. The zero-order valence-electron chi connectivity index (χ0n) is 15.0. The maximum absolute atomic E-state index is 12.3. The van der Waals surface area contributed by atoms with E-state index in [1.807, 2.05) is 30.5 Å². The first-order valence-corrected chi connectivity index (χ1v) is 8.90. The summed E-state index contributed by atoms with van der Waals surface area (Å²) < 4.78 is 0. The number of phenolic OH excluding ortho intramolecular Hbond substituents is 1. The molecule has 0 saturated carbocycles. The third-order valence-corrected chi connectivity index (χ3v) is 4.52. The fourth-order valence-corrected chi connectivity index (χ4v) is 3.12. The van der Waals surface area contributed by atoms with Crippen LogP contribution < -0.4 is 5.32 Å². The van der Waals surface area contributed by atoms with Crippen molar-refractivity contribution >= 4 is 40.2 Å². The van der Waals surface area contributed by atoms with E-state index >= 15 is 0 Å². The number of aromatic nitrogens is 1. The Morgan fingerprint density at radius 1 is 1.38 bits per heavy atom. The van der Waals surface area contributed by atoms with Gasteiger partial charge in [0.2, 0.25) is 5.75 Å². The summed E-state index contributed by atoms with van der Waals surface area (Å²) in [5, 5.41) is 34.0. The SMILES string of the molecule is N#C/C(=C/c1cc(Cl)cc([N+](=O)[O-])c1O)C(=O)NCCc1c[nH]c2ccccc12. The summed E-state index contributed by atoms with van der Waals surface area (Å²) in [6.07, 6.45) is 3.47. The number of fused-ring (bicyclic) bond motifs is 1. The first kappa shape index (κ1) is 19.9. The van der Waals surface area contributed by atoms with Gasteiger partial charge in [0.05, 0.1) is 4.92 Å². The maximum atomic E-state index is 12.3. The maximum Gasteiger partial charge on any atom is 0.312 e. The lowest BCUT2D eigenvalue weighted by atomic mass is 10.1. The summed E-state index contributed by atoms with van der Waals surface area (Å²) in [6, 6.07) is 11.7. The van der Waals surface area contributed by atoms with Gasteiger partial charge in [0.1, 0.15) is 11.6 Å². The summed E-state index contributed by atoms with van der Waals surface area (Å²) in [7, 11) is 0. The number of nitro groups is 1.